The normalized spacial score (nSPS) is 11.0. The molecular weight excluding hydrogens is 394 g/mol. The molecule has 0 heterocycles. The van der Waals surface area contributed by atoms with Crippen LogP contribution in [0.4, 0.5) is 10.5 Å². The lowest BCUT2D eigenvalue weighted by Gasteiger charge is -2.12. The highest BCUT2D eigenvalue weighted by Crippen LogP contribution is 2.17. The first-order chi connectivity index (χ1) is 14.3. The summed E-state index contributed by atoms with van der Waals surface area (Å²) in [6.07, 6.45) is -1.21. The Kier molecular flexibility index (Phi) is 7.74. The number of primary amides is 1. The monoisotopic (exact) mass is 415 g/mol. The topological polar surface area (TPSA) is 146 Å². The number of nitrogens with one attached hydrogen (secondary N) is 2. The first-order valence-electron chi connectivity index (χ1n) is 8.76. The van der Waals surface area contributed by atoms with E-state index in [0.717, 1.165) is 0 Å². The Bertz CT molecular complexity index is 928. The van der Waals surface area contributed by atoms with Gasteiger partial charge in [0.15, 0.2) is 12.7 Å². The van der Waals surface area contributed by atoms with E-state index in [4.69, 9.17) is 19.9 Å². The summed E-state index contributed by atoms with van der Waals surface area (Å²) in [6, 6.07) is 11.6. The molecular formula is C20H21N3O7. The molecule has 158 valence electrons. The maximum absolute atomic E-state index is 12.0. The largest absolute Gasteiger partial charge is 0.497 e. The molecule has 4 N–H and O–H groups in total. The molecule has 0 spiro atoms. The standard InChI is InChI=1S/C20H21N3O7/c1-12(18(25)23-20(21)27)30-19(26)13-6-8-15(9-7-13)29-11-17(24)22-14-4-3-5-16(10-14)28-2/h3-10,12H,11H2,1-2H3,(H,22,24)(H3,21,23,25,27)/t12-/m1/s1. The number of ether oxygens (including phenoxy) is 3. The van der Waals surface area contributed by atoms with Gasteiger partial charge in [0.25, 0.3) is 11.8 Å². The van der Waals surface area contributed by atoms with Crippen LogP contribution in [0.25, 0.3) is 0 Å². The van der Waals surface area contributed by atoms with E-state index in [1.807, 2.05) is 5.32 Å². The second-order valence-electron chi connectivity index (χ2n) is 5.99. The second kappa shape index (κ2) is 10.5. The number of esters is 1. The fourth-order valence-corrected chi connectivity index (χ4v) is 2.24. The van der Waals surface area contributed by atoms with Gasteiger partial charge in [-0.2, -0.15) is 0 Å². The highest BCUT2D eigenvalue weighted by Gasteiger charge is 2.20. The average Bonchev–Trinajstić information content (AvgIpc) is 2.72. The van der Waals surface area contributed by atoms with Gasteiger partial charge < -0.3 is 25.3 Å². The lowest BCUT2D eigenvalue weighted by atomic mass is 10.2. The van der Waals surface area contributed by atoms with Gasteiger partial charge in [0.05, 0.1) is 12.7 Å². The molecule has 2 aromatic rings. The number of rotatable bonds is 8. The van der Waals surface area contributed by atoms with E-state index in [2.05, 4.69) is 5.32 Å². The van der Waals surface area contributed by atoms with Crippen LogP contribution in [0.5, 0.6) is 11.5 Å². The zero-order valence-corrected chi connectivity index (χ0v) is 16.3. The van der Waals surface area contributed by atoms with Crippen LogP contribution < -0.4 is 25.8 Å². The molecule has 1 atom stereocenters. The van der Waals surface area contributed by atoms with Crippen LogP contribution in [0.3, 0.4) is 0 Å². The summed E-state index contributed by atoms with van der Waals surface area (Å²) in [5.41, 5.74) is 5.56. The lowest BCUT2D eigenvalue weighted by Crippen LogP contribution is -2.42. The van der Waals surface area contributed by atoms with Crippen molar-refractivity contribution in [2.24, 2.45) is 5.73 Å². The Balaban J connectivity index is 1.84. The summed E-state index contributed by atoms with van der Waals surface area (Å²) in [5, 5.41) is 4.49. The van der Waals surface area contributed by atoms with Crippen LogP contribution in [0.2, 0.25) is 0 Å². The number of hydrogen-bond acceptors (Lipinski definition) is 7. The van der Waals surface area contributed by atoms with Crippen LogP contribution in [-0.4, -0.2) is 43.6 Å². The number of carbonyl (C=O) groups excluding carboxylic acids is 4. The molecule has 2 rings (SSSR count). The van der Waals surface area contributed by atoms with E-state index < -0.39 is 24.0 Å². The molecule has 0 aliphatic carbocycles. The molecule has 0 saturated carbocycles. The number of nitrogens with two attached hydrogens (primary N) is 1. The van der Waals surface area contributed by atoms with E-state index in [1.165, 1.54) is 38.3 Å². The highest BCUT2D eigenvalue weighted by atomic mass is 16.5. The first kappa shape index (κ1) is 22.2. The summed E-state index contributed by atoms with van der Waals surface area (Å²) in [5.74, 6) is -1.02. The third-order valence-electron chi connectivity index (χ3n) is 3.71. The Morgan fingerprint density at radius 3 is 2.37 bits per heavy atom. The minimum atomic E-state index is -1.21. The van der Waals surface area contributed by atoms with E-state index >= 15 is 0 Å². The SMILES string of the molecule is COc1cccc(NC(=O)COc2ccc(C(=O)O[C@H](C)C(=O)NC(N)=O)cc2)c1. The minimum absolute atomic E-state index is 0.155. The van der Waals surface area contributed by atoms with Gasteiger partial charge in [-0.05, 0) is 43.3 Å². The minimum Gasteiger partial charge on any atom is -0.497 e. The van der Waals surface area contributed by atoms with Crippen LogP contribution in [-0.2, 0) is 14.3 Å². The van der Waals surface area contributed by atoms with Gasteiger partial charge in [0.2, 0.25) is 0 Å². The highest BCUT2D eigenvalue weighted by molar-refractivity contribution is 5.98. The maximum Gasteiger partial charge on any atom is 0.338 e. The number of imide groups is 1. The summed E-state index contributed by atoms with van der Waals surface area (Å²) in [4.78, 5) is 46.2. The van der Waals surface area contributed by atoms with Crippen molar-refractivity contribution < 1.29 is 33.4 Å². The summed E-state index contributed by atoms with van der Waals surface area (Å²) in [7, 11) is 1.53. The van der Waals surface area contributed by atoms with Crippen molar-refractivity contribution in [3.05, 3.63) is 54.1 Å². The van der Waals surface area contributed by atoms with Crippen molar-refractivity contribution in [3.63, 3.8) is 0 Å². The second-order valence-corrected chi connectivity index (χ2v) is 5.99. The molecule has 0 bridgehead atoms. The van der Waals surface area contributed by atoms with Crippen molar-refractivity contribution in [1.82, 2.24) is 5.32 Å². The van der Waals surface area contributed by atoms with E-state index in [-0.39, 0.29) is 18.1 Å². The first-order valence-corrected chi connectivity index (χ1v) is 8.76. The van der Waals surface area contributed by atoms with Crippen molar-refractivity contribution in [2.45, 2.75) is 13.0 Å². The summed E-state index contributed by atoms with van der Waals surface area (Å²) >= 11 is 0. The van der Waals surface area contributed by atoms with Gasteiger partial charge >= 0.3 is 12.0 Å². The number of methoxy groups -OCH3 is 1. The average molecular weight is 415 g/mol. The Morgan fingerprint density at radius 2 is 1.73 bits per heavy atom. The molecule has 0 fully saturated rings. The van der Waals surface area contributed by atoms with E-state index in [0.29, 0.717) is 17.2 Å². The van der Waals surface area contributed by atoms with Gasteiger partial charge in [0.1, 0.15) is 11.5 Å². The van der Waals surface area contributed by atoms with Crippen LogP contribution in [0.1, 0.15) is 17.3 Å². The van der Waals surface area contributed by atoms with E-state index in [1.54, 1.807) is 24.3 Å². The molecule has 0 unspecified atom stereocenters. The predicted octanol–water partition coefficient (Wildman–Crippen LogP) is 1.45. The third-order valence-corrected chi connectivity index (χ3v) is 3.71. The number of carbonyl (C=O) groups is 4. The van der Waals surface area contributed by atoms with Gasteiger partial charge in [0, 0.05) is 11.8 Å². The molecule has 30 heavy (non-hydrogen) atoms. The van der Waals surface area contributed by atoms with E-state index in [9.17, 15) is 19.2 Å². The van der Waals surface area contributed by atoms with Crippen LogP contribution >= 0.6 is 0 Å². The predicted molar refractivity (Wildman–Crippen MR) is 106 cm³/mol. The van der Waals surface area contributed by atoms with Crippen molar-refractivity contribution >= 4 is 29.5 Å². The quantitative estimate of drug-likeness (QED) is 0.553. The number of amides is 4. The maximum atomic E-state index is 12.0. The number of benzene rings is 2. The van der Waals surface area contributed by atoms with Crippen molar-refractivity contribution in [3.8, 4) is 11.5 Å². The van der Waals surface area contributed by atoms with Crippen LogP contribution in [0.15, 0.2) is 48.5 Å². The molecule has 0 aliphatic rings. The number of hydrogen-bond donors (Lipinski definition) is 3. The Morgan fingerprint density at radius 1 is 1.03 bits per heavy atom. The van der Waals surface area contributed by atoms with Crippen molar-refractivity contribution in [1.29, 1.82) is 0 Å². The van der Waals surface area contributed by atoms with Gasteiger partial charge in [-0.25, -0.2) is 9.59 Å². The van der Waals surface area contributed by atoms with Gasteiger partial charge in [-0.15, -0.1) is 0 Å². The fourth-order valence-electron chi connectivity index (χ4n) is 2.24. The fraction of sp³-hybridized carbons (Fsp3) is 0.200. The third kappa shape index (κ3) is 6.82. The molecule has 10 heteroatoms. The molecule has 0 aromatic heterocycles. The Hall–Kier alpha value is -4.08. The summed E-state index contributed by atoms with van der Waals surface area (Å²) < 4.78 is 15.4. The number of urea groups is 1. The molecule has 10 nitrogen and oxygen atoms in total. The lowest BCUT2D eigenvalue weighted by molar-refractivity contribution is -0.127. The summed E-state index contributed by atoms with van der Waals surface area (Å²) in [6.45, 7) is 1.06. The molecule has 2 aromatic carbocycles. The van der Waals surface area contributed by atoms with Crippen LogP contribution in [0, 0.1) is 0 Å². The molecule has 0 radical (unpaired) electrons. The molecule has 0 saturated heterocycles. The zero-order valence-electron chi connectivity index (χ0n) is 16.3. The molecule has 4 amide bonds. The number of anilines is 1. The van der Waals surface area contributed by atoms with Crippen molar-refractivity contribution in [2.75, 3.05) is 19.0 Å². The zero-order chi connectivity index (χ0) is 22.1. The van der Waals surface area contributed by atoms with Gasteiger partial charge in [-0.1, -0.05) is 6.07 Å². The molecule has 0 aliphatic heterocycles. The Labute approximate surface area is 172 Å². The van der Waals surface area contributed by atoms with Gasteiger partial charge in [-0.3, -0.25) is 14.9 Å². The smallest absolute Gasteiger partial charge is 0.338 e.